The van der Waals surface area contributed by atoms with Crippen molar-refractivity contribution in [1.29, 1.82) is 5.26 Å². The van der Waals surface area contributed by atoms with Gasteiger partial charge in [0.1, 0.15) is 12.2 Å². The number of amides is 1. The summed E-state index contributed by atoms with van der Waals surface area (Å²) in [7, 11) is 1.03. The van der Waals surface area contributed by atoms with Crippen molar-refractivity contribution in [2.45, 2.75) is 6.42 Å². The van der Waals surface area contributed by atoms with E-state index in [9.17, 15) is 18.4 Å². The maximum atomic E-state index is 13.8. The van der Waals surface area contributed by atoms with Crippen molar-refractivity contribution >= 4 is 33.5 Å². The van der Waals surface area contributed by atoms with Crippen molar-refractivity contribution < 1.29 is 23.1 Å². The zero-order valence-corrected chi connectivity index (χ0v) is 11.2. The highest BCUT2D eigenvalue weighted by Gasteiger charge is 2.23. The Labute approximate surface area is 115 Å². The molecule has 0 heterocycles. The molecule has 1 aromatic rings. The number of esters is 1. The standard InChI is InChI=1S/C11H7BrF2N2O3/c1-19-11(18)5-4-6(13)8(12)9(14)10(5)16-7(17)2-3-15/h4H,2H2,1H3,(H,16,17). The first-order chi connectivity index (χ1) is 8.92. The number of nitriles is 1. The molecule has 0 spiro atoms. The number of ether oxygens (including phenoxy) is 1. The fourth-order valence-corrected chi connectivity index (χ4v) is 1.56. The van der Waals surface area contributed by atoms with Crippen LogP contribution >= 0.6 is 15.9 Å². The van der Waals surface area contributed by atoms with Crippen LogP contribution in [0.2, 0.25) is 0 Å². The normalized spacial score (nSPS) is 9.63. The number of nitrogens with zero attached hydrogens (tertiary/aromatic N) is 1. The number of hydrogen-bond acceptors (Lipinski definition) is 4. The Kier molecular flexibility index (Phi) is 4.94. The van der Waals surface area contributed by atoms with Gasteiger partial charge < -0.3 is 10.1 Å². The average Bonchev–Trinajstić information content (AvgIpc) is 2.38. The number of anilines is 1. The summed E-state index contributed by atoms with van der Waals surface area (Å²) in [6, 6.07) is 2.28. The minimum atomic E-state index is -1.16. The van der Waals surface area contributed by atoms with E-state index < -0.39 is 45.7 Å². The maximum Gasteiger partial charge on any atom is 0.340 e. The molecular formula is C11H7BrF2N2O3. The molecule has 0 radical (unpaired) electrons. The molecule has 1 amide bonds. The second kappa shape index (κ2) is 6.24. The molecule has 0 aliphatic heterocycles. The predicted molar refractivity (Wildman–Crippen MR) is 64.3 cm³/mol. The highest BCUT2D eigenvalue weighted by molar-refractivity contribution is 9.10. The lowest BCUT2D eigenvalue weighted by atomic mass is 10.1. The number of nitrogens with one attached hydrogen (secondary N) is 1. The summed E-state index contributed by atoms with van der Waals surface area (Å²) in [5.41, 5.74) is -1.02. The van der Waals surface area contributed by atoms with Gasteiger partial charge in [0.05, 0.1) is 28.9 Å². The molecular weight excluding hydrogens is 326 g/mol. The summed E-state index contributed by atoms with van der Waals surface area (Å²) in [4.78, 5) is 22.7. The smallest absolute Gasteiger partial charge is 0.340 e. The van der Waals surface area contributed by atoms with E-state index in [0.29, 0.717) is 0 Å². The van der Waals surface area contributed by atoms with Gasteiger partial charge in [0.15, 0.2) is 5.82 Å². The first kappa shape index (κ1) is 15.0. The zero-order chi connectivity index (χ0) is 14.6. The fourth-order valence-electron chi connectivity index (χ4n) is 1.24. The van der Waals surface area contributed by atoms with E-state index in [1.165, 1.54) is 0 Å². The highest BCUT2D eigenvalue weighted by Crippen LogP contribution is 2.30. The molecule has 0 saturated carbocycles. The van der Waals surface area contributed by atoms with E-state index in [0.717, 1.165) is 13.2 Å². The van der Waals surface area contributed by atoms with Crippen molar-refractivity contribution in [3.05, 3.63) is 27.7 Å². The minimum Gasteiger partial charge on any atom is -0.465 e. The maximum absolute atomic E-state index is 13.8. The second-order valence-corrected chi connectivity index (χ2v) is 4.08. The van der Waals surface area contributed by atoms with Crippen molar-refractivity contribution in [3.8, 4) is 6.07 Å². The number of hydrogen-bond donors (Lipinski definition) is 1. The van der Waals surface area contributed by atoms with Crippen molar-refractivity contribution in [2.75, 3.05) is 12.4 Å². The van der Waals surface area contributed by atoms with Gasteiger partial charge in [-0.1, -0.05) is 0 Å². The number of halogens is 3. The van der Waals surface area contributed by atoms with Crippen LogP contribution in [0.5, 0.6) is 0 Å². The summed E-state index contributed by atoms with van der Waals surface area (Å²) < 4.78 is 31.0. The van der Waals surface area contributed by atoms with Crippen LogP contribution in [0, 0.1) is 23.0 Å². The van der Waals surface area contributed by atoms with Crippen LogP contribution in [0.4, 0.5) is 14.5 Å². The van der Waals surface area contributed by atoms with Crippen LogP contribution < -0.4 is 5.32 Å². The van der Waals surface area contributed by atoms with Crippen molar-refractivity contribution in [2.24, 2.45) is 0 Å². The van der Waals surface area contributed by atoms with Gasteiger partial charge in [0.2, 0.25) is 5.91 Å². The van der Waals surface area contributed by atoms with E-state index in [1.54, 1.807) is 6.07 Å². The quantitative estimate of drug-likeness (QED) is 0.680. The topological polar surface area (TPSA) is 79.2 Å². The van der Waals surface area contributed by atoms with Gasteiger partial charge in [-0.05, 0) is 22.0 Å². The molecule has 1 rings (SSSR count). The van der Waals surface area contributed by atoms with E-state index in [2.05, 4.69) is 20.7 Å². The molecule has 19 heavy (non-hydrogen) atoms. The molecule has 5 nitrogen and oxygen atoms in total. The summed E-state index contributed by atoms with van der Waals surface area (Å²) in [5.74, 6) is -4.02. The lowest BCUT2D eigenvalue weighted by molar-refractivity contribution is -0.115. The van der Waals surface area contributed by atoms with Gasteiger partial charge in [0, 0.05) is 0 Å². The van der Waals surface area contributed by atoms with E-state index in [-0.39, 0.29) is 0 Å². The number of carbonyl (C=O) groups excluding carboxylic acids is 2. The number of carbonyl (C=O) groups is 2. The van der Waals surface area contributed by atoms with E-state index >= 15 is 0 Å². The lowest BCUT2D eigenvalue weighted by Crippen LogP contribution is -2.17. The third-order valence-corrected chi connectivity index (χ3v) is 2.80. The molecule has 0 aliphatic rings. The lowest BCUT2D eigenvalue weighted by Gasteiger charge is -2.11. The summed E-state index contributed by atoms with van der Waals surface area (Å²) in [6.07, 6.45) is -0.533. The molecule has 100 valence electrons. The average molecular weight is 333 g/mol. The molecule has 0 aliphatic carbocycles. The van der Waals surface area contributed by atoms with E-state index in [4.69, 9.17) is 5.26 Å². The van der Waals surface area contributed by atoms with Crippen molar-refractivity contribution in [1.82, 2.24) is 0 Å². The van der Waals surface area contributed by atoms with Crippen molar-refractivity contribution in [3.63, 3.8) is 0 Å². The number of methoxy groups -OCH3 is 1. The Bertz CT molecular complexity index is 584. The summed E-state index contributed by atoms with van der Waals surface area (Å²) in [6.45, 7) is 0. The van der Waals surface area contributed by atoms with Gasteiger partial charge in [-0.3, -0.25) is 4.79 Å². The van der Waals surface area contributed by atoms with Gasteiger partial charge in [0.25, 0.3) is 0 Å². The van der Waals surface area contributed by atoms with Gasteiger partial charge >= 0.3 is 5.97 Å². The largest absolute Gasteiger partial charge is 0.465 e. The monoisotopic (exact) mass is 332 g/mol. The Hall–Kier alpha value is -2.01. The van der Waals surface area contributed by atoms with Gasteiger partial charge in [-0.2, -0.15) is 5.26 Å². The molecule has 0 bridgehead atoms. The SMILES string of the molecule is COC(=O)c1cc(F)c(Br)c(F)c1NC(=O)CC#N. The Balaban J connectivity index is 3.34. The summed E-state index contributed by atoms with van der Waals surface area (Å²) in [5, 5.41) is 10.4. The van der Waals surface area contributed by atoms with Crippen LogP contribution in [0.25, 0.3) is 0 Å². The van der Waals surface area contributed by atoms with Crippen LogP contribution in [-0.4, -0.2) is 19.0 Å². The molecule has 0 atom stereocenters. The second-order valence-electron chi connectivity index (χ2n) is 3.28. The third-order valence-electron chi connectivity index (χ3n) is 2.07. The molecule has 0 saturated heterocycles. The molecule has 8 heteroatoms. The fraction of sp³-hybridized carbons (Fsp3) is 0.182. The van der Waals surface area contributed by atoms with Gasteiger partial charge in [-0.25, -0.2) is 13.6 Å². The minimum absolute atomic E-state index is 0.480. The third kappa shape index (κ3) is 3.26. The van der Waals surface area contributed by atoms with Gasteiger partial charge in [-0.15, -0.1) is 0 Å². The Morgan fingerprint density at radius 1 is 1.53 bits per heavy atom. The molecule has 0 unspecified atom stereocenters. The molecule has 1 N–H and O–H groups in total. The zero-order valence-electron chi connectivity index (χ0n) is 9.59. The highest BCUT2D eigenvalue weighted by atomic mass is 79.9. The number of benzene rings is 1. The predicted octanol–water partition coefficient (Wildman–Crippen LogP) is 2.37. The Morgan fingerprint density at radius 2 is 2.16 bits per heavy atom. The van der Waals surface area contributed by atoms with Crippen LogP contribution in [0.3, 0.4) is 0 Å². The first-order valence-corrected chi connectivity index (χ1v) is 5.64. The molecule has 0 fully saturated rings. The molecule has 1 aromatic carbocycles. The molecule has 0 aromatic heterocycles. The van der Waals surface area contributed by atoms with E-state index in [1.807, 2.05) is 5.32 Å². The van der Waals surface area contributed by atoms with Crippen LogP contribution in [0.15, 0.2) is 10.5 Å². The number of rotatable bonds is 3. The first-order valence-electron chi connectivity index (χ1n) is 4.85. The van der Waals surface area contributed by atoms with Crippen LogP contribution in [-0.2, 0) is 9.53 Å². The Morgan fingerprint density at radius 3 is 2.68 bits per heavy atom. The summed E-state index contributed by atoms with van der Waals surface area (Å²) >= 11 is 2.65. The van der Waals surface area contributed by atoms with Crippen LogP contribution in [0.1, 0.15) is 16.8 Å².